The van der Waals surface area contributed by atoms with E-state index in [1.54, 1.807) is 0 Å². The Balaban J connectivity index is 1.60. The number of benzene rings is 3. The Hall–Kier alpha value is -3.66. The van der Waals surface area contributed by atoms with Gasteiger partial charge in [-0.05, 0) is 37.3 Å². The topological polar surface area (TPSA) is 46.9 Å². The zero-order valence-corrected chi connectivity index (χ0v) is 18.3. The fourth-order valence-corrected chi connectivity index (χ4v) is 4.73. The van der Waals surface area contributed by atoms with Gasteiger partial charge in [-0.1, -0.05) is 84.9 Å². The van der Waals surface area contributed by atoms with Crippen molar-refractivity contribution in [3.05, 3.63) is 102 Å². The predicted molar refractivity (Wildman–Crippen MR) is 128 cm³/mol. The van der Waals surface area contributed by atoms with Crippen LogP contribution in [0.3, 0.4) is 0 Å². The quantitative estimate of drug-likeness (QED) is 0.427. The van der Waals surface area contributed by atoms with Gasteiger partial charge in [-0.3, -0.25) is 4.79 Å². The van der Waals surface area contributed by atoms with Crippen molar-refractivity contribution in [3.8, 4) is 22.6 Å². The zero-order chi connectivity index (χ0) is 21.9. The van der Waals surface area contributed by atoms with Crippen molar-refractivity contribution in [1.29, 1.82) is 0 Å². The number of hydrogen-bond acceptors (Lipinski definition) is 2. The van der Waals surface area contributed by atoms with Gasteiger partial charge in [0.25, 0.3) is 5.91 Å². The second-order valence-corrected chi connectivity index (χ2v) is 8.23. The van der Waals surface area contributed by atoms with Crippen LogP contribution in [0.5, 0.6) is 0 Å². The van der Waals surface area contributed by atoms with Crippen molar-refractivity contribution in [2.75, 3.05) is 0 Å². The van der Waals surface area contributed by atoms with Gasteiger partial charge in [-0.25, -0.2) is 4.98 Å². The SMILES string of the molecule is CCn1c(-c2ccccc2)nc(-c2ccccc2)c1C(=O)NC1CCCc2ccccc21. The predicted octanol–water partition coefficient (Wildman–Crippen LogP) is 6.04. The van der Waals surface area contributed by atoms with Gasteiger partial charge in [-0.15, -0.1) is 0 Å². The number of aryl methyl sites for hydroxylation is 1. The molecule has 1 aliphatic carbocycles. The van der Waals surface area contributed by atoms with E-state index in [0.717, 1.165) is 41.9 Å². The first-order valence-electron chi connectivity index (χ1n) is 11.4. The molecule has 0 bridgehead atoms. The normalized spacial score (nSPS) is 15.2. The number of amides is 1. The largest absolute Gasteiger partial charge is 0.344 e. The molecule has 1 N–H and O–H groups in total. The molecular weight excluding hydrogens is 394 g/mol. The van der Waals surface area contributed by atoms with Crippen LogP contribution in [-0.2, 0) is 13.0 Å². The molecule has 1 aromatic heterocycles. The summed E-state index contributed by atoms with van der Waals surface area (Å²) in [5, 5.41) is 3.34. The average molecular weight is 422 g/mol. The molecule has 3 aromatic carbocycles. The van der Waals surface area contributed by atoms with E-state index in [0.29, 0.717) is 12.2 Å². The van der Waals surface area contributed by atoms with Crippen molar-refractivity contribution in [2.24, 2.45) is 0 Å². The molecule has 0 saturated heterocycles. The summed E-state index contributed by atoms with van der Waals surface area (Å²) in [7, 11) is 0. The number of imidazole rings is 1. The summed E-state index contributed by atoms with van der Waals surface area (Å²) in [5.41, 5.74) is 5.88. The van der Waals surface area contributed by atoms with Gasteiger partial charge < -0.3 is 9.88 Å². The van der Waals surface area contributed by atoms with Crippen molar-refractivity contribution >= 4 is 5.91 Å². The highest BCUT2D eigenvalue weighted by molar-refractivity contribution is 5.99. The fourth-order valence-electron chi connectivity index (χ4n) is 4.73. The molecule has 1 atom stereocenters. The molecule has 4 aromatic rings. The summed E-state index contributed by atoms with van der Waals surface area (Å²) >= 11 is 0. The van der Waals surface area contributed by atoms with Gasteiger partial charge >= 0.3 is 0 Å². The first kappa shape index (κ1) is 20.3. The molecule has 0 saturated carbocycles. The van der Waals surface area contributed by atoms with E-state index in [2.05, 4.69) is 36.5 Å². The molecule has 4 heteroatoms. The molecule has 1 heterocycles. The van der Waals surface area contributed by atoms with E-state index in [4.69, 9.17) is 4.98 Å². The smallest absolute Gasteiger partial charge is 0.270 e. The van der Waals surface area contributed by atoms with E-state index in [1.165, 1.54) is 11.1 Å². The summed E-state index contributed by atoms with van der Waals surface area (Å²) in [5.74, 6) is 0.753. The number of carbonyl (C=O) groups is 1. The maximum atomic E-state index is 13.8. The highest BCUT2D eigenvalue weighted by Crippen LogP contribution is 2.32. The molecule has 0 radical (unpaired) electrons. The molecule has 1 unspecified atom stereocenters. The summed E-state index contributed by atoms with van der Waals surface area (Å²) < 4.78 is 2.04. The Bertz CT molecular complexity index is 1230. The second-order valence-electron chi connectivity index (χ2n) is 8.23. The molecule has 0 spiro atoms. The van der Waals surface area contributed by atoms with Crippen LogP contribution in [0.4, 0.5) is 0 Å². The van der Waals surface area contributed by atoms with Gasteiger partial charge in [0.15, 0.2) is 0 Å². The minimum Gasteiger partial charge on any atom is -0.344 e. The lowest BCUT2D eigenvalue weighted by atomic mass is 9.87. The van der Waals surface area contributed by atoms with Gasteiger partial charge in [-0.2, -0.15) is 0 Å². The van der Waals surface area contributed by atoms with Gasteiger partial charge in [0, 0.05) is 17.7 Å². The van der Waals surface area contributed by atoms with Crippen molar-refractivity contribution < 1.29 is 4.79 Å². The molecule has 4 nitrogen and oxygen atoms in total. The van der Waals surface area contributed by atoms with E-state index < -0.39 is 0 Å². The zero-order valence-electron chi connectivity index (χ0n) is 18.3. The number of aromatic nitrogens is 2. The Labute approximate surface area is 189 Å². The Morgan fingerprint density at radius 2 is 1.59 bits per heavy atom. The summed E-state index contributed by atoms with van der Waals surface area (Å²) in [6.07, 6.45) is 3.11. The highest BCUT2D eigenvalue weighted by Gasteiger charge is 2.28. The molecule has 0 fully saturated rings. The lowest BCUT2D eigenvalue weighted by Crippen LogP contribution is -2.32. The van der Waals surface area contributed by atoms with Crippen molar-refractivity contribution in [2.45, 2.75) is 38.8 Å². The lowest BCUT2D eigenvalue weighted by molar-refractivity contribution is 0.0924. The molecule has 32 heavy (non-hydrogen) atoms. The van der Waals surface area contributed by atoms with Crippen LogP contribution in [0.2, 0.25) is 0 Å². The van der Waals surface area contributed by atoms with Crippen LogP contribution >= 0.6 is 0 Å². The molecule has 1 aliphatic rings. The fraction of sp³-hybridized carbons (Fsp3) is 0.214. The monoisotopic (exact) mass is 421 g/mol. The number of hydrogen-bond donors (Lipinski definition) is 1. The number of carbonyl (C=O) groups excluding carboxylic acids is 1. The number of rotatable bonds is 5. The Morgan fingerprint density at radius 3 is 2.31 bits per heavy atom. The minimum atomic E-state index is -0.0675. The number of nitrogens with zero attached hydrogens (tertiary/aromatic N) is 2. The van der Waals surface area contributed by atoms with E-state index in [9.17, 15) is 4.79 Å². The molecule has 160 valence electrons. The third kappa shape index (κ3) is 3.73. The van der Waals surface area contributed by atoms with Crippen LogP contribution in [-0.4, -0.2) is 15.5 Å². The molecular formula is C28H27N3O. The third-order valence-corrected chi connectivity index (χ3v) is 6.25. The van der Waals surface area contributed by atoms with Crippen molar-refractivity contribution in [1.82, 2.24) is 14.9 Å². The van der Waals surface area contributed by atoms with E-state index >= 15 is 0 Å². The van der Waals surface area contributed by atoms with Crippen LogP contribution in [0, 0.1) is 0 Å². The van der Waals surface area contributed by atoms with Gasteiger partial charge in [0.05, 0.1) is 6.04 Å². The summed E-state index contributed by atoms with van der Waals surface area (Å²) in [6, 6.07) is 28.6. The standard InChI is InChI=1S/C28H27N3O/c1-2-31-26(28(32)29-24-19-11-17-20-12-9-10-18-23(20)24)25(21-13-5-3-6-14-21)30-27(31)22-15-7-4-8-16-22/h3-10,12-16,18,24H,2,11,17,19H2,1H3,(H,29,32). The molecule has 1 amide bonds. The van der Waals surface area contributed by atoms with Crippen LogP contribution in [0.15, 0.2) is 84.9 Å². The van der Waals surface area contributed by atoms with E-state index in [1.807, 2.05) is 65.2 Å². The first-order valence-corrected chi connectivity index (χ1v) is 11.4. The number of nitrogens with one attached hydrogen (secondary N) is 1. The third-order valence-electron chi connectivity index (χ3n) is 6.25. The van der Waals surface area contributed by atoms with Crippen molar-refractivity contribution in [3.63, 3.8) is 0 Å². The van der Waals surface area contributed by atoms with Crippen LogP contribution in [0.1, 0.15) is 47.4 Å². The maximum absolute atomic E-state index is 13.8. The molecule has 5 rings (SSSR count). The van der Waals surface area contributed by atoms with Gasteiger partial charge in [0.1, 0.15) is 17.2 Å². The number of fused-ring (bicyclic) bond motifs is 1. The Kier molecular flexibility index (Phi) is 5.59. The maximum Gasteiger partial charge on any atom is 0.270 e. The summed E-state index contributed by atoms with van der Waals surface area (Å²) in [6.45, 7) is 2.73. The lowest BCUT2D eigenvalue weighted by Gasteiger charge is -2.26. The first-order chi connectivity index (χ1) is 15.8. The van der Waals surface area contributed by atoms with Crippen LogP contribution in [0.25, 0.3) is 22.6 Å². The molecule has 0 aliphatic heterocycles. The Morgan fingerprint density at radius 1 is 0.938 bits per heavy atom. The van der Waals surface area contributed by atoms with E-state index in [-0.39, 0.29) is 11.9 Å². The van der Waals surface area contributed by atoms with Gasteiger partial charge in [0.2, 0.25) is 0 Å². The second kappa shape index (κ2) is 8.83. The summed E-state index contributed by atoms with van der Waals surface area (Å²) in [4.78, 5) is 18.8. The van der Waals surface area contributed by atoms with Crippen LogP contribution < -0.4 is 5.32 Å². The average Bonchev–Trinajstić information content (AvgIpc) is 3.25. The minimum absolute atomic E-state index is 0.0245. The highest BCUT2D eigenvalue weighted by atomic mass is 16.2.